The van der Waals surface area contributed by atoms with Gasteiger partial charge in [-0.05, 0) is 24.3 Å². The van der Waals surface area contributed by atoms with E-state index in [2.05, 4.69) is 10.1 Å². The molecule has 0 aliphatic rings. The monoisotopic (exact) mass is 254 g/mol. The van der Waals surface area contributed by atoms with Gasteiger partial charge in [-0.2, -0.15) is 5.10 Å². The summed E-state index contributed by atoms with van der Waals surface area (Å²) in [6.07, 6.45) is 7.84. The number of carboxylic acid groups (broad SMARTS) is 1. The Labute approximate surface area is 108 Å². The van der Waals surface area contributed by atoms with E-state index in [1.807, 2.05) is 28.8 Å². The van der Waals surface area contributed by atoms with Crippen molar-refractivity contribution in [3.63, 3.8) is 0 Å². The first kappa shape index (κ1) is 11.2. The molecule has 0 aromatic carbocycles. The minimum Gasteiger partial charge on any atom is -0.478 e. The maximum absolute atomic E-state index is 10.7. The molecule has 0 bridgehead atoms. The Bertz CT molecular complexity index is 756. The van der Waals surface area contributed by atoms with Gasteiger partial charge in [-0.25, -0.2) is 14.5 Å². The third-order valence-corrected chi connectivity index (χ3v) is 2.65. The maximum atomic E-state index is 10.7. The molecule has 94 valence electrons. The molecule has 0 fully saturated rings. The Morgan fingerprint density at radius 1 is 1.26 bits per heavy atom. The van der Waals surface area contributed by atoms with E-state index >= 15 is 0 Å². The minimum absolute atomic E-state index is 0.591. The SMILES string of the molecule is O=C(O)/C=C/c1c(-n2cccn2)nc2ccccn12. The largest absolute Gasteiger partial charge is 0.478 e. The van der Waals surface area contributed by atoms with E-state index in [4.69, 9.17) is 5.11 Å². The van der Waals surface area contributed by atoms with Crippen LogP contribution in [-0.2, 0) is 4.79 Å². The average molecular weight is 254 g/mol. The van der Waals surface area contributed by atoms with Crippen molar-refractivity contribution >= 4 is 17.7 Å². The van der Waals surface area contributed by atoms with Gasteiger partial charge in [-0.3, -0.25) is 4.40 Å². The average Bonchev–Trinajstić information content (AvgIpc) is 3.03. The maximum Gasteiger partial charge on any atom is 0.328 e. The van der Waals surface area contributed by atoms with E-state index in [1.165, 1.54) is 6.08 Å². The molecule has 3 aromatic rings. The molecule has 3 rings (SSSR count). The van der Waals surface area contributed by atoms with Gasteiger partial charge < -0.3 is 5.11 Å². The van der Waals surface area contributed by atoms with Gasteiger partial charge in [-0.1, -0.05) is 6.07 Å². The molecular weight excluding hydrogens is 244 g/mol. The number of hydrogen-bond acceptors (Lipinski definition) is 3. The number of rotatable bonds is 3. The van der Waals surface area contributed by atoms with Crippen LogP contribution in [0.4, 0.5) is 0 Å². The number of aromatic nitrogens is 4. The molecule has 0 saturated carbocycles. The van der Waals surface area contributed by atoms with Crippen LogP contribution in [0.25, 0.3) is 17.5 Å². The van der Waals surface area contributed by atoms with Gasteiger partial charge in [0.05, 0.1) is 5.69 Å². The van der Waals surface area contributed by atoms with Crippen LogP contribution >= 0.6 is 0 Å². The summed E-state index contributed by atoms with van der Waals surface area (Å²) in [4.78, 5) is 15.1. The molecule has 6 heteroatoms. The summed E-state index contributed by atoms with van der Waals surface area (Å²) in [6.45, 7) is 0. The molecule has 0 aliphatic heterocycles. The fourth-order valence-corrected chi connectivity index (χ4v) is 1.87. The fourth-order valence-electron chi connectivity index (χ4n) is 1.87. The number of imidazole rings is 1. The Kier molecular flexibility index (Phi) is 2.60. The zero-order valence-corrected chi connectivity index (χ0v) is 9.84. The first-order valence-corrected chi connectivity index (χ1v) is 5.64. The highest BCUT2D eigenvalue weighted by atomic mass is 16.4. The van der Waals surface area contributed by atoms with Crippen LogP contribution in [0.15, 0.2) is 48.9 Å². The van der Waals surface area contributed by atoms with Crippen molar-refractivity contribution in [3.05, 3.63) is 54.6 Å². The van der Waals surface area contributed by atoms with Gasteiger partial charge >= 0.3 is 5.97 Å². The number of carboxylic acids is 1. The van der Waals surface area contributed by atoms with Crippen molar-refractivity contribution in [1.82, 2.24) is 19.2 Å². The zero-order valence-electron chi connectivity index (χ0n) is 9.84. The Morgan fingerprint density at radius 3 is 2.89 bits per heavy atom. The van der Waals surface area contributed by atoms with Gasteiger partial charge in [0.15, 0.2) is 5.82 Å². The second-order valence-electron chi connectivity index (χ2n) is 3.87. The number of aliphatic carboxylic acids is 1. The predicted molar refractivity (Wildman–Crippen MR) is 69.0 cm³/mol. The summed E-state index contributed by atoms with van der Waals surface area (Å²) < 4.78 is 3.42. The number of pyridine rings is 1. The number of carbonyl (C=O) groups is 1. The van der Waals surface area contributed by atoms with Crippen molar-refractivity contribution in [2.75, 3.05) is 0 Å². The molecule has 0 aliphatic carbocycles. The normalized spacial score (nSPS) is 11.4. The standard InChI is InChI=1S/C13H10N4O2/c18-12(19)6-5-10-13(17-9-3-7-14-17)15-11-4-1-2-8-16(10)11/h1-9H,(H,18,19)/b6-5+. The van der Waals surface area contributed by atoms with Crippen LogP contribution < -0.4 is 0 Å². The third kappa shape index (κ3) is 1.99. The summed E-state index contributed by atoms with van der Waals surface area (Å²) in [7, 11) is 0. The lowest BCUT2D eigenvalue weighted by atomic mass is 10.3. The van der Waals surface area contributed by atoms with Crippen molar-refractivity contribution in [2.45, 2.75) is 0 Å². The predicted octanol–water partition coefficient (Wildman–Crippen LogP) is 1.62. The van der Waals surface area contributed by atoms with Crippen LogP contribution in [0.3, 0.4) is 0 Å². The highest BCUT2D eigenvalue weighted by Crippen LogP contribution is 2.17. The molecule has 6 nitrogen and oxygen atoms in total. The van der Waals surface area contributed by atoms with Crippen molar-refractivity contribution < 1.29 is 9.90 Å². The molecule has 0 spiro atoms. The van der Waals surface area contributed by atoms with Crippen LogP contribution in [0.5, 0.6) is 0 Å². The highest BCUT2D eigenvalue weighted by molar-refractivity contribution is 5.85. The van der Waals surface area contributed by atoms with E-state index in [9.17, 15) is 4.79 Å². The summed E-state index contributed by atoms with van der Waals surface area (Å²) in [5, 5.41) is 12.9. The van der Waals surface area contributed by atoms with Gasteiger partial charge in [-0.15, -0.1) is 0 Å². The van der Waals surface area contributed by atoms with Crippen molar-refractivity contribution in [3.8, 4) is 5.82 Å². The first-order chi connectivity index (χ1) is 9.25. The smallest absolute Gasteiger partial charge is 0.328 e. The molecule has 0 radical (unpaired) electrons. The van der Waals surface area contributed by atoms with Gasteiger partial charge in [0.1, 0.15) is 5.65 Å². The van der Waals surface area contributed by atoms with Crippen molar-refractivity contribution in [1.29, 1.82) is 0 Å². The molecule has 0 unspecified atom stereocenters. The second kappa shape index (κ2) is 4.41. The van der Waals surface area contributed by atoms with E-state index < -0.39 is 5.97 Å². The minimum atomic E-state index is -1.00. The molecule has 1 N–H and O–H groups in total. The highest BCUT2D eigenvalue weighted by Gasteiger charge is 2.11. The third-order valence-electron chi connectivity index (χ3n) is 2.65. The van der Waals surface area contributed by atoms with E-state index in [-0.39, 0.29) is 0 Å². The summed E-state index contributed by atoms with van der Waals surface area (Å²) in [5.41, 5.74) is 1.40. The molecule has 3 aromatic heterocycles. The Balaban J connectivity index is 2.25. The summed E-state index contributed by atoms with van der Waals surface area (Å²) >= 11 is 0. The topological polar surface area (TPSA) is 72.4 Å². The molecule has 3 heterocycles. The molecule has 0 amide bonds. The van der Waals surface area contributed by atoms with Gasteiger partial charge in [0.2, 0.25) is 0 Å². The Morgan fingerprint density at radius 2 is 2.16 bits per heavy atom. The van der Waals surface area contributed by atoms with Crippen LogP contribution in [0.2, 0.25) is 0 Å². The summed E-state index contributed by atoms with van der Waals surface area (Å²) in [6, 6.07) is 7.37. The van der Waals surface area contributed by atoms with E-state index in [0.29, 0.717) is 11.5 Å². The van der Waals surface area contributed by atoms with Crippen LogP contribution in [-0.4, -0.2) is 30.2 Å². The van der Waals surface area contributed by atoms with Crippen molar-refractivity contribution in [2.24, 2.45) is 0 Å². The first-order valence-electron chi connectivity index (χ1n) is 5.64. The number of nitrogens with zero attached hydrogens (tertiary/aromatic N) is 4. The summed E-state index contributed by atoms with van der Waals surface area (Å²) in [5.74, 6) is -0.411. The molecule has 0 atom stereocenters. The lowest BCUT2D eigenvalue weighted by molar-refractivity contribution is -0.131. The lowest BCUT2D eigenvalue weighted by Crippen LogP contribution is -1.98. The van der Waals surface area contributed by atoms with Gasteiger partial charge in [0, 0.05) is 24.7 Å². The van der Waals surface area contributed by atoms with E-state index in [1.54, 1.807) is 23.1 Å². The second-order valence-corrected chi connectivity index (χ2v) is 3.87. The van der Waals surface area contributed by atoms with Crippen LogP contribution in [0.1, 0.15) is 5.69 Å². The van der Waals surface area contributed by atoms with E-state index in [0.717, 1.165) is 11.7 Å². The quantitative estimate of drug-likeness (QED) is 0.721. The zero-order chi connectivity index (χ0) is 13.2. The number of hydrogen-bond donors (Lipinski definition) is 1. The Hall–Kier alpha value is -2.89. The molecule has 0 saturated heterocycles. The van der Waals surface area contributed by atoms with Gasteiger partial charge in [0.25, 0.3) is 0 Å². The molecular formula is C13H10N4O2. The van der Waals surface area contributed by atoms with Crippen LogP contribution in [0, 0.1) is 0 Å². The lowest BCUT2D eigenvalue weighted by Gasteiger charge is -1.99. The fraction of sp³-hybridized carbons (Fsp3) is 0. The molecule has 19 heavy (non-hydrogen) atoms. The number of fused-ring (bicyclic) bond motifs is 1.